The number of carbonyl (C=O) groups excluding carboxylic acids is 2. The highest BCUT2D eigenvalue weighted by Gasteiger charge is 2.29. The number of amides is 3. The minimum Gasteiger partial charge on any atom is -0.482 e. The molecule has 2 aromatic rings. The molecule has 3 amide bonds. The van der Waals surface area contributed by atoms with E-state index in [0.717, 1.165) is 25.8 Å². The first-order valence-electron chi connectivity index (χ1n) is 8.87. The Morgan fingerprint density at radius 1 is 1.23 bits per heavy atom. The predicted octanol–water partition coefficient (Wildman–Crippen LogP) is 3.26. The highest BCUT2D eigenvalue weighted by molar-refractivity contribution is 5.97. The summed E-state index contributed by atoms with van der Waals surface area (Å²) >= 11 is 0. The molecule has 4 rings (SSSR count). The molecule has 0 aromatic heterocycles. The van der Waals surface area contributed by atoms with E-state index in [-0.39, 0.29) is 24.6 Å². The summed E-state index contributed by atoms with van der Waals surface area (Å²) in [7, 11) is 0. The van der Waals surface area contributed by atoms with Gasteiger partial charge < -0.3 is 20.3 Å². The van der Waals surface area contributed by atoms with E-state index < -0.39 is 0 Å². The van der Waals surface area contributed by atoms with Crippen molar-refractivity contribution in [2.45, 2.75) is 25.3 Å². The zero-order valence-corrected chi connectivity index (χ0v) is 14.4. The van der Waals surface area contributed by atoms with Crippen molar-refractivity contribution in [1.29, 1.82) is 0 Å². The molecule has 2 aliphatic rings. The number of carbonyl (C=O) groups is 2. The van der Waals surface area contributed by atoms with Crippen LogP contribution in [0.5, 0.6) is 5.75 Å². The summed E-state index contributed by atoms with van der Waals surface area (Å²) in [5.74, 6) is 0.425. The molecule has 1 saturated heterocycles. The Kier molecular flexibility index (Phi) is 4.48. The number of benzene rings is 2. The lowest BCUT2D eigenvalue weighted by molar-refractivity contribution is -0.118. The van der Waals surface area contributed by atoms with Crippen LogP contribution in [0.2, 0.25) is 0 Å². The van der Waals surface area contributed by atoms with Gasteiger partial charge in [0, 0.05) is 18.3 Å². The summed E-state index contributed by atoms with van der Waals surface area (Å²) in [6.07, 6.45) is 2.89. The van der Waals surface area contributed by atoms with Crippen molar-refractivity contribution in [3.63, 3.8) is 0 Å². The largest absolute Gasteiger partial charge is 0.482 e. The summed E-state index contributed by atoms with van der Waals surface area (Å²) in [5, 5.41) is 5.70. The Bertz CT molecular complexity index is 822. The van der Waals surface area contributed by atoms with Gasteiger partial charge in [-0.15, -0.1) is 0 Å². The number of ether oxygens (including phenoxy) is 1. The summed E-state index contributed by atoms with van der Waals surface area (Å²) in [6, 6.07) is 15.6. The van der Waals surface area contributed by atoms with Gasteiger partial charge in [0.25, 0.3) is 5.91 Å². The molecule has 0 radical (unpaired) electrons. The molecule has 26 heavy (non-hydrogen) atoms. The van der Waals surface area contributed by atoms with Crippen LogP contribution in [-0.4, -0.2) is 36.0 Å². The molecule has 2 heterocycles. The predicted molar refractivity (Wildman–Crippen MR) is 99.5 cm³/mol. The van der Waals surface area contributed by atoms with Crippen molar-refractivity contribution in [1.82, 2.24) is 4.90 Å². The first kappa shape index (κ1) is 16.4. The van der Waals surface area contributed by atoms with Crippen LogP contribution in [0.3, 0.4) is 0 Å². The first-order valence-corrected chi connectivity index (χ1v) is 8.87. The molecular formula is C20H21N3O3. The Morgan fingerprint density at radius 2 is 2.08 bits per heavy atom. The van der Waals surface area contributed by atoms with Gasteiger partial charge in [0.1, 0.15) is 5.75 Å². The van der Waals surface area contributed by atoms with E-state index in [4.69, 9.17) is 4.74 Å². The third kappa shape index (κ3) is 3.49. The van der Waals surface area contributed by atoms with Gasteiger partial charge in [0.15, 0.2) is 6.61 Å². The minimum atomic E-state index is -0.191. The van der Waals surface area contributed by atoms with Crippen LogP contribution in [0.15, 0.2) is 48.5 Å². The number of likely N-dealkylation sites (tertiary alicyclic amines) is 1. The van der Waals surface area contributed by atoms with Gasteiger partial charge >= 0.3 is 6.03 Å². The van der Waals surface area contributed by atoms with Crippen molar-refractivity contribution in [2.24, 2.45) is 0 Å². The second kappa shape index (κ2) is 7.07. The second-order valence-corrected chi connectivity index (χ2v) is 6.66. The lowest BCUT2D eigenvalue weighted by Gasteiger charge is -2.25. The number of fused-ring (bicyclic) bond motifs is 1. The molecule has 6 heteroatoms. The summed E-state index contributed by atoms with van der Waals surface area (Å²) in [5.41, 5.74) is 2.47. The maximum absolute atomic E-state index is 12.7. The number of anilines is 2. The lowest BCUT2D eigenvalue weighted by Crippen LogP contribution is -2.39. The number of nitrogens with one attached hydrogen (secondary N) is 2. The van der Waals surface area contributed by atoms with Gasteiger partial charge in [0.05, 0.1) is 5.69 Å². The fraction of sp³-hybridized carbons (Fsp3) is 0.300. The van der Waals surface area contributed by atoms with Crippen LogP contribution in [0.25, 0.3) is 0 Å². The number of rotatable bonds is 3. The maximum Gasteiger partial charge on any atom is 0.322 e. The smallest absolute Gasteiger partial charge is 0.322 e. The van der Waals surface area contributed by atoms with E-state index in [0.29, 0.717) is 17.1 Å². The van der Waals surface area contributed by atoms with E-state index in [9.17, 15) is 9.59 Å². The summed E-state index contributed by atoms with van der Waals surface area (Å²) < 4.78 is 5.34. The van der Waals surface area contributed by atoms with Crippen LogP contribution >= 0.6 is 0 Å². The SMILES string of the molecule is O=C1COc2ccc(NC(=O)N3CCC[C@H]3Cc3ccccc3)cc2N1. The molecule has 0 unspecified atom stereocenters. The molecule has 2 aromatic carbocycles. The number of nitrogens with zero attached hydrogens (tertiary/aromatic N) is 1. The van der Waals surface area contributed by atoms with Crippen molar-refractivity contribution >= 4 is 23.3 Å². The van der Waals surface area contributed by atoms with Gasteiger partial charge in [-0.3, -0.25) is 4.79 Å². The fourth-order valence-electron chi connectivity index (χ4n) is 3.56. The van der Waals surface area contributed by atoms with Crippen molar-refractivity contribution in [2.75, 3.05) is 23.8 Å². The topological polar surface area (TPSA) is 70.7 Å². The molecule has 134 valence electrons. The summed E-state index contributed by atoms with van der Waals surface area (Å²) in [4.78, 5) is 26.1. The first-order chi connectivity index (χ1) is 12.7. The van der Waals surface area contributed by atoms with Gasteiger partial charge in [-0.1, -0.05) is 30.3 Å². The monoisotopic (exact) mass is 351 g/mol. The highest BCUT2D eigenvalue weighted by Crippen LogP contribution is 2.31. The zero-order chi connectivity index (χ0) is 17.9. The van der Waals surface area contributed by atoms with E-state index in [1.807, 2.05) is 23.1 Å². The molecule has 1 fully saturated rings. The number of hydrogen-bond acceptors (Lipinski definition) is 3. The van der Waals surface area contributed by atoms with Crippen LogP contribution in [0.1, 0.15) is 18.4 Å². The Labute approximate surface area is 152 Å². The molecule has 0 bridgehead atoms. The third-order valence-corrected chi connectivity index (χ3v) is 4.82. The Hall–Kier alpha value is -3.02. The zero-order valence-electron chi connectivity index (χ0n) is 14.4. The van der Waals surface area contributed by atoms with Crippen LogP contribution in [-0.2, 0) is 11.2 Å². The molecule has 0 spiro atoms. The quantitative estimate of drug-likeness (QED) is 0.892. The molecule has 1 atom stereocenters. The van der Waals surface area contributed by atoms with Gasteiger partial charge in [0.2, 0.25) is 0 Å². The number of hydrogen-bond donors (Lipinski definition) is 2. The molecule has 0 aliphatic carbocycles. The number of urea groups is 1. The molecule has 2 N–H and O–H groups in total. The minimum absolute atomic E-state index is 0.0215. The highest BCUT2D eigenvalue weighted by atomic mass is 16.5. The van der Waals surface area contributed by atoms with Crippen molar-refractivity contribution in [3.05, 3.63) is 54.1 Å². The fourth-order valence-corrected chi connectivity index (χ4v) is 3.56. The average Bonchev–Trinajstić information content (AvgIpc) is 3.10. The standard InChI is InChI=1S/C20H21N3O3/c24-19-13-26-18-9-8-15(12-17(18)22-19)21-20(25)23-10-4-7-16(23)11-14-5-2-1-3-6-14/h1-3,5-6,8-9,12,16H,4,7,10-11,13H2,(H,21,25)(H,22,24)/t16-/m0/s1. The van der Waals surface area contributed by atoms with Gasteiger partial charge in [-0.2, -0.15) is 0 Å². The maximum atomic E-state index is 12.7. The normalized spacial score (nSPS) is 18.7. The van der Waals surface area contributed by atoms with Crippen LogP contribution in [0, 0.1) is 0 Å². The van der Waals surface area contributed by atoms with E-state index >= 15 is 0 Å². The molecule has 6 nitrogen and oxygen atoms in total. The molecule has 2 aliphatic heterocycles. The second-order valence-electron chi connectivity index (χ2n) is 6.66. The third-order valence-electron chi connectivity index (χ3n) is 4.82. The average molecular weight is 351 g/mol. The van der Waals surface area contributed by atoms with Gasteiger partial charge in [-0.25, -0.2) is 4.79 Å². The Morgan fingerprint density at radius 3 is 2.92 bits per heavy atom. The Balaban J connectivity index is 1.44. The van der Waals surface area contributed by atoms with E-state index in [1.54, 1.807) is 18.2 Å². The van der Waals surface area contributed by atoms with Crippen LogP contribution in [0.4, 0.5) is 16.2 Å². The van der Waals surface area contributed by atoms with E-state index in [1.165, 1.54) is 5.56 Å². The molecule has 0 saturated carbocycles. The van der Waals surface area contributed by atoms with Crippen molar-refractivity contribution in [3.8, 4) is 5.75 Å². The van der Waals surface area contributed by atoms with Crippen molar-refractivity contribution < 1.29 is 14.3 Å². The summed E-state index contributed by atoms with van der Waals surface area (Å²) in [6.45, 7) is 0.780. The van der Waals surface area contributed by atoms with Gasteiger partial charge in [-0.05, 0) is 43.0 Å². The van der Waals surface area contributed by atoms with Crippen LogP contribution < -0.4 is 15.4 Å². The molecular weight excluding hydrogens is 330 g/mol. The van der Waals surface area contributed by atoms with E-state index in [2.05, 4.69) is 22.8 Å². The lowest BCUT2D eigenvalue weighted by atomic mass is 10.0.